The van der Waals surface area contributed by atoms with E-state index in [4.69, 9.17) is 4.74 Å². The lowest BCUT2D eigenvalue weighted by molar-refractivity contribution is -0.211. The van der Waals surface area contributed by atoms with Crippen LogP contribution in [0.1, 0.15) is 37.0 Å². The SMILES string of the molecule is Cc1cc2c(cc1O)C1=CC(=O)OC1(O)C(C)(C)CC2. The number of carbonyl (C=O) groups is 1. The van der Waals surface area contributed by atoms with Gasteiger partial charge in [0.05, 0.1) is 0 Å². The van der Waals surface area contributed by atoms with Crippen molar-refractivity contribution in [1.82, 2.24) is 0 Å². The monoisotopic (exact) mass is 274 g/mol. The summed E-state index contributed by atoms with van der Waals surface area (Å²) in [5, 5.41) is 20.8. The lowest BCUT2D eigenvalue weighted by Crippen LogP contribution is -2.45. The van der Waals surface area contributed by atoms with Crippen molar-refractivity contribution in [3.8, 4) is 5.75 Å². The molecule has 106 valence electrons. The molecule has 0 fully saturated rings. The third-order valence-electron chi connectivity index (χ3n) is 4.52. The van der Waals surface area contributed by atoms with Gasteiger partial charge in [-0.15, -0.1) is 0 Å². The highest BCUT2D eigenvalue weighted by Crippen LogP contribution is 2.51. The molecule has 2 aliphatic rings. The summed E-state index contributed by atoms with van der Waals surface area (Å²) in [5.74, 6) is -2.01. The molecule has 0 aromatic heterocycles. The summed E-state index contributed by atoms with van der Waals surface area (Å²) in [6.07, 6.45) is 2.78. The number of aliphatic hydroxyl groups is 1. The van der Waals surface area contributed by atoms with Gasteiger partial charge >= 0.3 is 5.97 Å². The zero-order valence-corrected chi connectivity index (χ0v) is 11.9. The van der Waals surface area contributed by atoms with Crippen LogP contribution in [0.15, 0.2) is 18.2 Å². The highest BCUT2D eigenvalue weighted by Gasteiger charge is 2.55. The summed E-state index contributed by atoms with van der Waals surface area (Å²) >= 11 is 0. The Morgan fingerprint density at radius 3 is 2.70 bits per heavy atom. The Bertz CT molecular complexity index is 642. The van der Waals surface area contributed by atoms with Crippen LogP contribution in [0, 0.1) is 12.3 Å². The number of phenols is 1. The quantitative estimate of drug-likeness (QED) is 0.712. The van der Waals surface area contributed by atoms with E-state index >= 15 is 0 Å². The van der Waals surface area contributed by atoms with Crippen molar-refractivity contribution in [3.63, 3.8) is 0 Å². The number of phenolic OH excluding ortho intramolecular Hbond substituents is 1. The lowest BCUT2D eigenvalue weighted by Gasteiger charge is -2.38. The molecule has 20 heavy (non-hydrogen) atoms. The molecule has 3 rings (SSSR count). The number of carbonyl (C=O) groups excluding carboxylic acids is 1. The number of hydrogen-bond acceptors (Lipinski definition) is 4. The van der Waals surface area contributed by atoms with Crippen LogP contribution in [0.3, 0.4) is 0 Å². The topological polar surface area (TPSA) is 66.8 Å². The van der Waals surface area contributed by atoms with Crippen molar-refractivity contribution in [1.29, 1.82) is 0 Å². The second-order valence-corrected chi connectivity index (χ2v) is 6.30. The molecular weight excluding hydrogens is 256 g/mol. The molecule has 1 atom stereocenters. The maximum Gasteiger partial charge on any atom is 0.334 e. The van der Waals surface area contributed by atoms with Crippen molar-refractivity contribution in [2.24, 2.45) is 5.41 Å². The molecule has 1 heterocycles. The van der Waals surface area contributed by atoms with Crippen molar-refractivity contribution >= 4 is 11.5 Å². The van der Waals surface area contributed by atoms with Gasteiger partial charge in [0.15, 0.2) is 0 Å². The van der Waals surface area contributed by atoms with Crippen molar-refractivity contribution < 1.29 is 19.7 Å². The molecule has 0 bridgehead atoms. The van der Waals surface area contributed by atoms with Gasteiger partial charge in [-0.05, 0) is 42.5 Å². The van der Waals surface area contributed by atoms with Crippen LogP contribution in [0.4, 0.5) is 0 Å². The Labute approximate surface area is 117 Å². The van der Waals surface area contributed by atoms with Gasteiger partial charge in [0.1, 0.15) is 5.75 Å². The number of aromatic hydroxyl groups is 1. The van der Waals surface area contributed by atoms with Crippen LogP contribution < -0.4 is 0 Å². The van der Waals surface area contributed by atoms with Crippen LogP contribution in [0.5, 0.6) is 5.75 Å². The van der Waals surface area contributed by atoms with Gasteiger partial charge in [0, 0.05) is 17.1 Å². The average molecular weight is 274 g/mol. The molecule has 1 aromatic rings. The fourth-order valence-corrected chi connectivity index (χ4v) is 3.04. The Hall–Kier alpha value is -1.81. The van der Waals surface area contributed by atoms with E-state index in [-0.39, 0.29) is 5.75 Å². The molecule has 1 aromatic carbocycles. The van der Waals surface area contributed by atoms with E-state index in [1.807, 2.05) is 26.8 Å². The second kappa shape index (κ2) is 3.85. The van der Waals surface area contributed by atoms with E-state index in [2.05, 4.69) is 0 Å². The molecule has 4 nitrogen and oxygen atoms in total. The molecular formula is C16H18O4. The molecule has 1 aliphatic heterocycles. The summed E-state index contributed by atoms with van der Waals surface area (Å²) in [7, 11) is 0. The van der Waals surface area contributed by atoms with Gasteiger partial charge in [-0.3, -0.25) is 0 Å². The van der Waals surface area contributed by atoms with Gasteiger partial charge in [0.2, 0.25) is 5.79 Å². The summed E-state index contributed by atoms with van der Waals surface area (Å²) in [5.41, 5.74) is 2.38. The first-order valence-electron chi connectivity index (χ1n) is 6.75. The maximum absolute atomic E-state index is 11.7. The standard InChI is InChI=1S/C16H18O4/c1-9-6-10-4-5-15(2,3)16(19)12(8-14(18)20-16)11(10)7-13(9)17/h6-8,17,19H,4-5H2,1-3H3. The largest absolute Gasteiger partial charge is 0.508 e. The van der Waals surface area contributed by atoms with Gasteiger partial charge < -0.3 is 14.9 Å². The normalized spacial score (nSPS) is 27.2. The number of ether oxygens (including phenoxy) is 1. The summed E-state index contributed by atoms with van der Waals surface area (Å²) in [4.78, 5) is 11.7. The van der Waals surface area contributed by atoms with Crippen molar-refractivity contribution in [3.05, 3.63) is 34.9 Å². The number of rotatable bonds is 0. The van der Waals surface area contributed by atoms with Crippen LogP contribution in [0.2, 0.25) is 0 Å². The molecule has 1 aliphatic carbocycles. The molecule has 0 saturated carbocycles. The Balaban J connectivity index is 2.28. The first kappa shape index (κ1) is 13.2. The van der Waals surface area contributed by atoms with Crippen LogP contribution in [-0.4, -0.2) is 22.0 Å². The molecule has 1 unspecified atom stereocenters. The van der Waals surface area contributed by atoms with Crippen LogP contribution >= 0.6 is 0 Å². The minimum atomic E-state index is -1.63. The fraction of sp³-hybridized carbons (Fsp3) is 0.438. The number of benzene rings is 1. The van der Waals surface area contributed by atoms with E-state index < -0.39 is 17.2 Å². The zero-order valence-electron chi connectivity index (χ0n) is 11.9. The fourth-order valence-electron chi connectivity index (χ4n) is 3.04. The number of esters is 1. The highest BCUT2D eigenvalue weighted by atomic mass is 16.7. The van der Waals surface area contributed by atoms with Crippen LogP contribution in [0.25, 0.3) is 5.57 Å². The molecule has 4 heteroatoms. The molecule has 0 saturated heterocycles. The predicted molar refractivity (Wildman–Crippen MR) is 74.0 cm³/mol. The second-order valence-electron chi connectivity index (χ2n) is 6.30. The van der Waals surface area contributed by atoms with E-state index in [1.54, 1.807) is 6.07 Å². The van der Waals surface area contributed by atoms with E-state index in [1.165, 1.54) is 6.08 Å². The maximum atomic E-state index is 11.7. The number of hydrogen-bond donors (Lipinski definition) is 2. The third-order valence-corrected chi connectivity index (χ3v) is 4.52. The minimum absolute atomic E-state index is 0.158. The predicted octanol–water partition coefficient (Wildman–Crippen LogP) is 2.30. The minimum Gasteiger partial charge on any atom is -0.508 e. The van der Waals surface area contributed by atoms with Crippen LogP contribution in [-0.2, 0) is 16.0 Å². The van der Waals surface area contributed by atoms with Gasteiger partial charge in [-0.1, -0.05) is 19.9 Å². The summed E-state index contributed by atoms with van der Waals surface area (Å²) in [6.45, 7) is 5.61. The summed E-state index contributed by atoms with van der Waals surface area (Å²) in [6, 6.07) is 3.53. The Morgan fingerprint density at radius 1 is 1.30 bits per heavy atom. The van der Waals surface area contributed by atoms with Crippen molar-refractivity contribution in [2.75, 3.05) is 0 Å². The molecule has 0 radical (unpaired) electrons. The van der Waals surface area contributed by atoms with E-state index in [9.17, 15) is 15.0 Å². The summed E-state index contributed by atoms with van der Waals surface area (Å²) < 4.78 is 5.22. The van der Waals surface area contributed by atoms with Gasteiger partial charge in [0.25, 0.3) is 0 Å². The molecule has 0 spiro atoms. The zero-order chi connectivity index (χ0) is 14.7. The first-order chi connectivity index (χ1) is 9.24. The Kier molecular flexibility index (Phi) is 2.54. The third kappa shape index (κ3) is 1.61. The lowest BCUT2D eigenvalue weighted by atomic mass is 9.77. The van der Waals surface area contributed by atoms with Gasteiger partial charge in [-0.25, -0.2) is 4.79 Å². The molecule has 2 N–H and O–H groups in total. The van der Waals surface area contributed by atoms with Gasteiger partial charge in [-0.2, -0.15) is 0 Å². The highest BCUT2D eigenvalue weighted by molar-refractivity contribution is 5.99. The van der Waals surface area contributed by atoms with E-state index in [0.29, 0.717) is 17.6 Å². The van der Waals surface area contributed by atoms with E-state index in [0.717, 1.165) is 17.5 Å². The first-order valence-corrected chi connectivity index (χ1v) is 6.75. The smallest absolute Gasteiger partial charge is 0.334 e. The molecule has 0 amide bonds. The number of fused-ring (bicyclic) bond motifs is 3. The Morgan fingerprint density at radius 2 is 2.00 bits per heavy atom. The average Bonchev–Trinajstić information content (AvgIpc) is 2.64. The van der Waals surface area contributed by atoms with Crippen molar-refractivity contribution in [2.45, 2.75) is 39.4 Å². The number of aryl methyl sites for hydroxylation is 2.